The van der Waals surface area contributed by atoms with Crippen LogP contribution in [-0.2, 0) is 6.42 Å². The molecule has 1 aromatic carbocycles. The Morgan fingerprint density at radius 1 is 1.33 bits per heavy atom. The van der Waals surface area contributed by atoms with E-state index in [1.54, 1.807) is 6.07 Å². The number of Topliss-reactive ketones (excluding diaryl/α,β-unsaturated/α-hetero) is 1. The fourth-order valence-electron chi connectivity index (χ4n) is 1.47. The summed E-state index contributed by atoms with van der Waals surface area (Å²) in [7, 11) is 0. The summed E-state index contributed by atoms with van der Waals surface area (Å²) in [6, 6.07) is 2.95. The van der Waals surface area contributed by atoms with Gasteiger partial charge in [0, 0.05) is 12.0 Å². The van der Waals surface area contributed by atoms with Gasteiger partial charge in [0.25, 0.3) is 0 Å². The summed E-state index contributed by atoms with van der Waals surface area (Å²) >= 11 is 1.95. The zero-order valence-electron chi connectivity index (χ0n) is 6.23. The second-order valence-corrected chi connectivity index (χ2v) is 3.89. The molecule has 0 fully saturated rings. The maximum atomic E-state index is 13.0. The Labute approximate surface area is 83.1 Å². The second kappa shape index (κ2) is 2.80. The van der Waals surface area contributed by atoms with E-state index in [1.165, 1.54) is 6.07 Å². The van der Waals surface area contributed by atoms with Crippen molar-refractivity contribution in [3.63, 3.8) is 0 Å². The van der Waals surface area contributed by atoms with Crippen LogP contribution in [0.5, 0.6) is 0 Å². The molecule has 1 aliphatic rings. The maximum absolute atomic E-state index is 13.0. The first-order chi connectivity index (χ1) is 5.70. The zero-order chi connectivity index (χ0) is 8.72. The van der Waals surface area contributed by atoms with Crippen LogP contribution >= 0.6 is 22.6 Å². The molecule has 0 aliphatic heterocycles. The maximum Gasteiger partial charge on any atom is 0.163 e. The topological polar surface area (TPSA) is 17.1 Å². The number of ketones is 1. The smallest absolute Gasteiger partial charge is 0.163 e. The first-order valence-corrected chi connectivity index (χ1v) is 4.78. The molecule has 0 unspecified atom stereocenters. The summed E-state index contributed by atoms with van der Waals surface area (Å²) in [5, 5.41) is 0. The van der Waals surface area contributed by atoms with Crippen molar-refractivity contribution >= 4 is 28.4 Å². The fourth-order valence-corrected chi connectivity index (χ4v) is 2.21. The van der Waals surface area contributed by atoms with Gasteiger partial charge in [0.1, 0.15) is 5.82 Å². The lowest BCUT2D eigenvalue weighted by molar-refractivity contribution is 0.0994. The Kier molecular flexibility index (Phi) is 1.90. The highest BCUT2D eigenvalue weighted by Gasteiger charge is 2.22. The zero-order valence-corrected chi connectivity index (χ0v) is 8.39. The molecule has 0 heterocycles. The van der Waals surface area contributed by atoms with Gasteiger partial charge < -0.3 is 0 Å². The van der Waals surface area contributed by atoms with Crippen LogP contribution in [0.2, 0.25) is 0 Å². The number of hydrogen-bond acceptors (Lipinski definition) is 1. The first-order valence-electron chi connectivity index (χ1n) is 3.70. The lowest BCUT2D eigenvalue weighted by Gasteiger charge is -2.00. The number of halogens is 2. The quantitative estimate of drug-likeness (QED) is 0.665. The van der Waals surface area contributed by atoms with Crippen molar-refractivity contribution < 1.29 is 9.18 Å². The molecular formula is C9H6FIO. The summed E-state index contributed by atoms with van der Waals surface area (Å²) in [6.45, 7) is 0. The van der Waals surface area contributed by atoms with Crippen LogP contribution in [0.25, 0.3) is 0 Å². The van der Waals surface area contributed by atoms with Gasteiger partial charge in [-0.2, -0.15) is 0 Å². The highest BCUT2D eigenvalue weighted by atomic mass is 127. The van der Waals surface area contributed by atoms with Crippen LogP contribution in [0.3, 0.4) is 0 Å². The Hall–Kier alpha value is -0.450. The Morgan fingerprint density at radius 3 is 2.83 bits per heavy atom. The fraction of sp³-hybridized carbons (Fsp3) is 0.222. The van der Waals surface area contributed by atoms with Gasteiger partial charge in [-0.3, -0.25) is 4.79 Å². The molecule has 0 radical (unpaired) electrons. The summed E-state index contributed by atoms with van der Waals surface area (Å²) in [5.74, 6) is -0.0769. The van der Waals surface area contributed by atoms with Crippen molar-refractivity contribution in [2.45, 2.75) is 12.8 Å². The minimum atomic E-state index is -0.218. The molecule has 0 saturated heterocycles. The highest BCUT2D eigenvalue weighted by Crippen LogP contribution is 2.28. The standard InChI is InChI=1S/C9H6FIO/c10-7-3-1-5-6(9(7)11)2-4-8(5)12/h1,3H,2,4H2. The molecule has 0 N–H and O–H groups in total. The third kappa shape index (κ3) is 1.07. The largest absolute Gasteiger partial charge is 0.294 e. The molecule has 0 aromatic heterocycles. The van der Waals surface area contributed by atoms with Crippen molar-refractivity contribution in [3.8, 4) is 0 Å². The molecule has 62 valence electrons. The molecule has 3 heteroatoms. The predicted molar refractivity (Wildman–Crippen MR) is 51.8 cm³/mol. The SMILES string of the molecule is O=C1CCc2c1ccc(F)c2I. The van der Waals surface area contributed by atoms with Crippen molar-refractivity contribution in [3.05, 3.63) is 32.6 Å². The van der Waals surface area contributed by atoms with Crippen molar-refractivity contribution in [2.24, 2.45) is 0 Å². The number of rotatable bonds is 0. The molecule has 0 saturated carbocycles. The summed E-state index contributed by atoms with van der Waals surface area (Å²) in [6.07, 6.45) is 1.24. The molecular weight excluding hydrogens is 270 g/mol. The lowest BCUT2D eigenvalue weighted by Crippen LogP contribution is -1.94. The minimum absolute atomic E-state index is 0.142. The normalized spacial score (nSPS) is 15.0. The number of hydrogen-bond donors (Lipinski definition) is 0. The Bertz CT molecular complexity index is 360. The lowest BCUT2D eigenvalue weighted by atomic mass is 10.1. The van der Waals surface area contributed by atoms with Crippen LogP contribution in [0.15, 0.2) is 12.1 Å². The molecule has 0 spiro atoms. The van der Waals surface area contributed by atoms with Crippen LogP contribution in [0, 0.1) is 9.39 Å². The van der Waals surface area contributed by atoms with Gasteiger partial charge in [0.2, 0.25) is 0 Å². The van der Waals surface area contributed by atoms with E-state index in [4.69, 9.17) is 0 Å². The molecule has 0 amide bonds. The van der Waals surface area contributed by atoms with Crippen LogP contribution in [0.4, 0.5) is 4.39 Å². The molecule has 1 aromatic rings. The number of benzene rings is 1. The number of carbonyl (C=O) groups is 1. The van der Waals surface area contributed by atoms with Crippen LogP contribution in [0.1, 0.15) is 22.3 Å². The van der Waals surface area contributed by atoms with E-state index in [0.717, 1.165) is 5.56 Å². The van der Waals surface area contributed by atoms with Crippen molar-refractivity contribution in [1.82, 2.24) is 0 Å². The average Bonchev–Trinajstić information content (AvgIpc) is 2.41. The third-order valence-corrected chi connectivity index (χ3v) is 3.26. The van der Waals surface area contributed by atoms with E-state index in [0.29, 0.717) is 22.0 Å². The van der Waals surface area contributed by atoms with Gasteiger partial charge in [0.15, 0.2) is 5.78 Å². The number of fused-ring (bicyclic) bond motifs is 1. The molecule has 0 atom stereocenters. The van der Waals surface area contributed by atoms with Gasteiger partial charge in [-0.1, -0.05) is 0 Å². The minimum Gasteiger partial charge on any atom is -0.294 e. The third-order valence-electron chi connectivity index (χ3n) is 2.10. The highest BCUT2D eigenvalue weighted by molar-refractivity contribution is 14.1. The van der Waals surface area contributed by atoms with E-state index < -0.39 is 0 Å². The monoisotopic (exact) mass is 276 g/mol. The summed E-state index contributed by atoms with van der Waals surface area (Å²) in [4.78, 5) is 11.2. The van der Waals surface area contributed by atoms with Gasteiger partial charge in [-0.25, -0.2) is 4.39 Å². The number of carbonyl (C=O) groups excluding carboxylic acids is 1. The van der Waals surface area contributed by atoms with Gasteiger partial charge in [-0.05, 0) is 46.7 Å². The van der Waals surface area contributed by atoms with Crippen molar-refractivity contribution in [2.75, 3.05) is 0 Å². The van der Waals surface area contributed by atoms with E-state index in [2.05, 4.69) is 0 Å². The van der Waals surface area contributed by atoms with E-state index in [-0.39, 0.29) is 11.6 Å². The predicted octanol–water partition coefficient (Wildman–Crippen LogP) is 2.56. The van der Waals surface area contributed by atoms with Crippen LogP contribution in [-0.4, -0.2) is 5.78 Å². The molecule has 12 heavy (non-hydrogen) atoms. The van der Waals surface area contributed by atoms with Gasteiger partial charge >= 0.3 is 0 Å². The average molecular weight is 276 g/mol. The Morgan fingerprint density at radius 2 is 2.08 bits per heavy atom. The molecule has 1 aliphatic carbocycles. The molecule has 2 rings (SSSR count). The van der Waals surface area contributed by atoms with Crippen molar-refractivity contribution in [1.29, 1.82) is 0 Å². The van der Waals surface area contributed by atoms with E-state index in [9.17, 15) is 9.18 Å². The molecule has 0 bridgehead atoms. The van der Waals surface area contributed by atoms with E-state index >= 15 is 0 Å². The van der Waals surface area contributed by atoms with Gasteiger partial charge in [-0.15, -0.1) is 0 Å². The van der Waals surface area contributed by atoms with Gasteiger partial charge in [0.05, 0.1) is 3.57 Å². The van der Waals surface area contributed by atoms with Crippen LogP contribution < -0.4 is 0 Å². The second-order valence-electron chi connectivity index (χ2n) is 2.81. The Balaban J connectivity index is 2.68. The van der Waals surface area contributed by atoms with E-state index in [1.807, 2.05) is 22.6 Å². The summed E-state index contributed by atoms with van der Waals surface area (Å²) in [5.41, 5.74) is 1.60. The molecule has 1 nitrogen and oxygen atoms in total. The first kappa shape index (κ1) is 8.16. The summed E-state index contributed by atoms with van der Waals surface area (Å²) < 4.78 is 13.6.